The maximum absolute atomic E-state index is 12.4. The lowest BCUT2D eigenvalue weighted by Gasteiger charge is -2.70. The van der Waals surface area contributed by atoms with Crippen LogP contribution < -0.4 is 0 Å². The summed E-state index contributed by atoms with van der Waals surface area (Å²) in [5, 5.41) is 0. The lowest BCUT2D eigenvalue weighted by molar-refractivity contribution is -0.0563. The monoisotopic (exact) mass is 377 g/mol. The Bertz CT molecular complexity index is 550. The molecule has 3 aliphatic rings. The van der Waals surface area contributed by atoms with Crippen molar-refractivity contribution in [3.05, 3.63) is 35.9 Å². The minimum Gasteiger partial charge on any atom is -0.212 e. The lowest BCUT2D eigenvalue weighted by Crippen LogP contribution is -2.76. The van der Waals surface area contributed by atoms with Crippen LogP contribution in [0.15, 0.2) is 30.3 Å². The number of rotatable bonds is 4. The van der Waals surface area contributed by atoms with Gasteiger partial charge in [0, 0.05) is 16.0 Å². The molecule has 0 unspecified atom stereocenters. The first-order chi connectivity index (χ1) is 8.35. The summed E-state index contributed by atoms with van der Waals surface area (Å²) in [6, 6.07) is 9.40. The molecule has 0 radical (unpaired) electrons. The summed E-state index contributed by atoms with van der Waals surface area (Å²) in [5.41, 5.74) is 0.801. The van der Waals surface area contributed by atoms with Gasteiger partial charge in [-0.15, -0.1) is 0 Å². The van der Waals surface area contributed by atoms with Gasteiger partial charge >= 0.3 is 0 Å². The number of hydrogen-bond acceptors (Lipinski definition) is 2. The molecule has 3 fully saturated rings. The van der Waals surface area contributed by atoms with E-state index in [1.54, 1.807) is 11.4 Å². The Morgan fingerprint density at radius 1 is 1.22 bits per heavy atom. The van der Waals surface area contributed by atoms with E-state index in [0.717, 1.165) is 24.8 Å². The summed E-state index contributed by atoms with van der Waals surface area (Å²) in [7, 11) is -1.45. The highest BCUT2D eigenvalue weighted by molar-refractivity contribution is 14.1. The first-order valence-corrected chi connectivity index (χ1v) is 8.74. The first-order valence-electron chi connectivity index (χ1n) is 6.05. The lowest BCUT2D eigenvalue weighted by atomic mass is 9.50. The van der Waals surface area contributed by atoms with Crippen molar-refractivity contribution in [2.75, 3.05) is 7.05 Å². The minimum absolute atomic E-state index is 0.0607. The summed E-state index contributed by atoms with van der Waals surface area (Å²) in [4.78, 5) is 0. The van der Waals surface area contributed by atoms with Gasteiger partial charge in [-0.05, 0) is 24.8 Å². The fraction of sp³-hybridized carbons (Fsp3) is 0.538. The van der Waals surface area contributed by atoms with Crippen molar-refractivity contribution in [1.82, 2.24) is 4.31 Å². The van der Waals surface area contributed by atoms with E-state index < -0.39 is 10.0 Å². The Kier molecular flexibility index (Phi) is 2.81. The summed E-state index contributed by atoms with van der Waals surface area (Å²) in [6.45, 7) is 0. The molecule has 98 valence electrons. The van der Waals surface area contributed by atoms with Crippen LogP contribution in [-0.2, 0) is 15.8 Å². The van der Waals surface area contributed by atoms with E-state index in [9.17, 15) is 8.42 Å². The summed E-state index contributed by atoms with van der Waals surface area (Å²) in [6.07, 6.45) is 3.06. The van der Waals surface area contributed by atoms with Crippen LogP contribution in [-0.4, -0.2) is 28.7 Å². The third-order valence-electron chi connectivity index (χ3n) is 4.21. The molecule has 4 rings (SSSR count). The van der Waals surface area contributed by atoms with E-state index in [2.05, 4.69) is 22.6 Å². The van der Waals surface area contributed by atoms with Crippen molar-refractivity contribution >= 4 is 32.6 Å². The quantitative estimate of drug-likeness (QED) is 0.598. The molecule has 0 heterocycles. The Labute approximate surface area is 122 Å². The highest BCUT2D eigenvalue weighted by atomic mass is 127. The first kappa shape index (κ1) is 12.9. The van der Waals surface area contributed by atoms with Crippen LogP contribution in [0.5, 0.6) is 0 Å². The number of halogens is 1. The van der Waals surface area contributed by atoms with Crippen LogP contribution >= 0.6 is 22.6 Å². The molecule has 0 atom stereocenters. The standard InChI is InChI=1S/C13H16INO2S/c1-15(13-8-12(14,9-13)10-13)18(16,17)7-11-5-3-2-4-6-11/h2-6H,7-10H2,1H3. The summed E-state index contributed by atoms with van der Waals surface area (Å²) in [5.74, 6) is 0.111. The molecular formula is C13H16INO2S. The van der Waals surface area contributed by atoms with Gasteiger partial charge in [-0.25, -0.2) is 8.42 Å². The van der Waals surface area contributed by atoms with Crippen LogP contribution in [0.25, 0.3) is 0 Å². The highest BCUT2D eigenvalue weighted by Crippen LogP contribution is 2.68. The number of hydrogen-bond donors (Lipinski definition) is 0. The number of sulfonamides is 1. The predicted octanol–water partition coefficient (Wildman–Crippen LogP) is 2.56. The van der Waals surface area contributed by atoms with E-state index in [0.29, 0.717) is 3.42 Å². The average Bonchev–Trinajstić information content (AvgIpc) is 2.23. The Morgan fingerprint density at radius 2 is 1.78 bits per heavy atom. The number of alkyl halides is 1. The second kappa shape index (κ2) is 3.93. The molecule has 3 saturated carbocycles. The van der Waals surface area contributed by atoms with E-state index in [4.69, 9.17) is 0 Å². The van der Waals surface area contributed by atoms with Gasteiger partial charge in [0.1, 0.15) is 0 Å². The SMILES string of the molecule is CN(C12CC(I)(C1)C2)S(=O)(=O)Cc1ccccc1. The Balaban J connectivity index is 1.75. The molecule has 1 aromatic carbocycles. The zero-order valence-corrected chi connectivity index (χ0v) is 13.2. The van der Waals surface area contributed by atoms with Gasteiger partial charge in [0.2, 0.25) is 10.0 Å². The Morgan fingerprint density at radius 3 is 2.28 bits per heavy atom. The third-order valence-corrected chi connectivity index (χ3v) is 7.28. The van der Waals surface area contributed by atoms with Crippen LogP contribution in [0.3, 0.4) is 0 Å². The van der Waals surface area contributed by atoms with Crippen molar-refractivity contribution < 1.29 is 8.42 Å². The van der Waals surface area contributed by atoms with Crippen LogP contribution in [0.1, 0.15) is 24.8 Å². The maximum Gasteiger partial charge on any atom is 0.218 e. The second-order valence-corrected chi connectivity index (χ2v) is 9.90. The van der Waals surface area contributed by atoms with Crippen molar-refractivity contribution in [3.63, 3.8) is 0 Å². The van der Waals surface area contributed by atoms with E-state index in [1.807, 2.05) is 30.3 Å². The van der Waals surface area contributed by atoms with Gasteiger partial charge in [0.25, 0.3) is 0 Å². The largest absolute Gasteiger partial charge is 0.218 e. The minimum atomic E-state index is -3.19. The summed E-state index contributed by atoms with van der Waals surface area (Å²) < 4.78 is 26.8. The van der Waals surface area contributed by atoms with Crippen molar-refractivity contribution in [1.29, 1.82) is 0 Å². The molecule has 0 N–H and O–H groups in total. The number of nitrogens with zero attached hydrogens (tertiary/aromatic N) is 1. The molecule has 3 nitrogen and oxygen atoms in total. The van der Waals surface area contributed by atoms with Crippen molar-refractivity contribution in [2.24, 2.45) is 0 Å². The average molecular weight is 377 g/mol. The summed E-state index contributed by atoms with van der Waals surface area (Å²) >= 11 is 2.47. The fourth-order valence-electron chi connectivity index (χ4n) is 3.12. The topological polar surface area (TPSA) is 37.4 Å². The van der Waals surface area contributed by atoms with Gasteiger partial charge < -0.3 is 0 Å². The Hall–Kier alpha value is -0.140. The van der Waals surface area contributed by atoms with Gasteiger partial charge in [0.05, 0.1) is 5.75 Å². The zero-order chi connectivity index (χ0) is 13.0. The van der Waals surface area contributed by atoms with E-state index in [1.165, 1.54) is 0 Å². The van der Waals surface area contributed by atoms with Crippen molar-refractivity contribution in [3.8, 4) is 0 Å². The zero-order valence-electron chi connectivity index (χ0n) is 10.3. The molecule has 3 aliphatic carbocycles. The van der Waals surface area contributed by atoms with Crippen LogP contribution in [0.4, 0.5) is 0 Å². The normalized spacial score (nSPS) is 33.9. The second-order valence-electron chi connectivity index (χ2n) is 5.61. The maximum atomic E-state index is 12.4. The van der Waals surface area contributed by atoms with Crippen molar-refractivity contribution in [2.45, 2.75) is 34.0 Å². The molecule has 0 spiro atoms. The smallest absolute Gasteiger partial charge is 0.212 e. The molecule has 0 saturated heterocycles. The van der Waals surface area contributed by atoms with E-state index in [-0.39, 0.29) is 11.3 Å². The molecule has 0 amide bonds. The molecule has 0 aliphatic heterocycles. The van der Waals surface area contributed by atoms with Crippen LogP contribution in [0, 0.1) is 0 Å². The molecule has 5 heteroatoms. The molecular weight excluding hydrogens is 361 g/mol. The third kappa shape index (κ3) is 1.91. The van der Waals surface area contributed by atoms with Gasteiger partial charge in [0.15, 0.2) is 0 Å². The van der Waals surface area contributed by atoms with Gasteiger partial charge in [-0.3, -0.25) is 0 Å². The highest BCUT2D eigenvalue weighted by Gasteiger charge is 2.70. The van der Waals surface area contributed by atoms with Gasteiger partial charge in [-0.2, -0.15) is 4.31 Å². The molecule has 0 aromatic heterocycles. The molecule has 2 bridgehead atoms. The number of benzene rings is 1. The van der Waals surface area contributed by atoms with Gasteiger partial charge in [-0.1, -0.05) is 52.9 Å². The van der Waals surface area contributed by atoms with Crippen LogP contribution in [0.2, 0.25) is 0 Å². The van der Waals surface area contributed by atoms with E-state index >= 15 is 0 Å². The predicted molar refractivity (Wildman–Crippen MR) is 80.2 cm³/mol. The fourth-order valence-corrected chi connectivity index (χ4v) is 6.85. The molecule has 1 aromatic rings. The molecule has 18 heavy (non-hydrogen) atoms.